The molecule has 1 aromatic heterocycles. The highest BCUT2D eigenvalue weighted by molar-refractivity contribution is 6.39. The molecule has 1 atom stereocenters. The number of hydrogen-bond acceptors (Lipinski definition) is 7. The predicted molar refractivity (Wildman–Crippen MR) is 165 cm³/mol. The molecule has 1 unspecified atom stereocenters. The Morgan fingerprint density at radius 3 is 2.57 bits per heavy atom. The summed E-state index contributed by atoms with van der Waals surface area (Å²) in [7, 11) is 1.57. The Morgan fingerprint density at radius 1 is 0.977 bits per heavy atom. The Hall–Kier alpha value is -4.70. The molecule has 0 spiro atoms. The SMILES string of the molecule is COc1cc2c(Oc3ccc(NC(=O)C(=O)N4CCC(c5ccccc5)C4)cc3F)ccnc2cc1OCC1CCNCC1. The molecule has 2 aliphatic rings. The third-order valence-corrected chi connectivity index (χ3v) is 8.27. The Balaban J connectivity index is 1.11. The fourth-order valence-electron chi connectivity index (χ4n) is 5.80. The van der Waals surface area contributed by atoms with E-state index in [4.69, 9.17) is 14.2 Å². The second-order valence-electron chi connectivity index (χ2n) is 11.2. The summed E-state index contributed by atoms with van der Waals surface area (Å²) in [4.78, 5) is 31.5. The van der Waals surface area contributed by atoms with Gasteiger partial charge in [0.2, 0.25) is 0 Å². The number of likely N-dealkylation sites (tertiary alicyclic amines) is 1. The van der Waals surface area contributed by atoms with Gasteiger partial charge in [0.25, 0.3) is 0 Å². The molecule has 0 aliphatic carbocycles. The molecule has 2 amide bonds. The molecule has 3 aromatic carbocycles. The predicted octanol–water partition coefficient (Wildman–Crippen LogP) is 5.51. The normalized spacial score (nSPS) is 17.0. The molecule has 228 valence electrons. The molecular formula is C34H35FN4O5. The van der Waals surface area contributed by atoms with Gasteiger partial charge in [0, 0.05) is 48.4 Å². The van der Waals surface area contributed by atoms with Gasteiger partial charge in [-0.1, -0.05) is 30.3 Å². The van der Waals surface area contributed by atoms with E-state index in [1.807, 2.05) is 30.3 Å². The monoisotopic (exact) mass is 598 g/mol. The molecule has 3 heterocycles. The maximum Gasteiger partial charge on any atom is 0.313 e. The lowest BCUT2D eigenvalue weighted by Gasteiger charge is -2.23. The van der Waals surface area contributed by atoms with Crippen LogP contribution >= 0.6 is 0 Å². The number of piperidine rings is 1. The molecule has 0 radical (unpaired) electrons. The first kappa shape index (κ1) is 29.4. The van der Waals surface area contributed by atoms with Gasteiger partial charge in [0.1, 0.15) is 5.75 Å². The van der Waals surface area contributed by atoms with Crippen molar-refractivity contribution in [2.24, 2.45) is 5.92 Å². The lowest BCUT2D eigenvalue weighted by Crippen LogP contribution is -2.38. The quantitative estimate of drug-likeness (QED) is 0.258. The molecule has 0 saturated carbocycles. The number of fused-ring (bicyclic) bond motifs is 1. The van der Waals surface area contributed by atoms with Crippen molar-refractivity contribution in [2.75, 3.05) is 45.2 Å². The van der Waals surface area contributed by atoms with Crippen LogP contribution in [-0.4, -0.2) is 61.6 Å². The fraction of sp³-hybridized carbons (Fsp3) is 0.324. The highest BCUT2D eigenvalue weighted by Gasteiger charge is 2.31. The average molecular weight is 599 g/mol. The van der Waals surface area contributed by atoms with Crippen molar-refractivity contribution in [3.8, 4) is 23.0 Å². The van der Waals surface area contributed by atoms with Crippen molar-refractivity contribution in [1.29, 1.82) is 0 Å². The van der Waals surface area contributed by atoms with E-state index in [0.717, 1.165) is 44.0 Å². The van der Waals surface area contributed by atoms with Crippen molar-refractivity contribution >= 4 is 28.4 Å². The zero-order valence-corrected chi connectivity index (χ0v) is 24.6. The average Bonchev–Trinajstić information content (AvgIpc) is 3.56. The van der Waals surface area contributed by atoms with Crippen LogP contribution in [0.1, 0.15) is 30.7 Å². The molecule has 2 aliphatic heterocycles. The van der Waals surface area contributed by atoms with E-state index in [-0.39, 0.29) is 17.4 Å². The molecule has 0 bridgehead atoms. The molecule has 9 nitrogen and oxygen atoms in total. The number of pyridine rings is 1. The number of anilines is 1. The largest absolute Gasteiger partial charge is 0.493 e. The zero-order chi connectivity index (χ0) is 30.5. The van der Waals surface area contributed by atoms with E-state index in [1.54, 1.807) is 31.5 Å². The number of aromatic nitrogens is 1. The van der Waals surface area contributed by atoms with Gasteiger partial charge < -0.3 is 29.7 Å². The first-order valence-corrected chi connectivity index (χ1v) is 14.9. The van der Waals surface area contributed by atoms with Gasteiger partial charge in [0.15, 0.2) is 23.1 Å². The lowest BCUT2D eigenvalue weighted by atomic mass is 9.99. The number of nitrogens with one attached hydrogen (secondary N) is 2. The van der Waals surface area contributed by atoms with Crippen LogP contribution in [0.25, 0.3) is 10.9 Å². The van der Waals surface area contributed by atoms with E-state index in [9.17, 15) is 9.59 Å². The molecule has 2 N–H and O–H groups in total. The fourth-order valence-corrected chi connectivity index (χ4v) is 5.80. The molecule has 2 fully saturated rings. The number of hydrogen-bond donors (Lipinski definition) is 2. The number of rotatable bonds is 8. The number of ether oxygens (including phenoxy) is 3. The van der Waals surface area contributed by atoms with Crippen molar-refractivity contribution in [2.45, 2.75) is 25.2 Å². The minimum absolute atomic E-state index is 0.0442. The van der Waals surface area contributed by atoms with Gasteiger partial charge in [-0.15, -0.1) is 0 Å². The van der Waals surface area contributed by atoms with Crippen LogP contribution in [0, 0.1) is 11.7 Å². The number of benzene rings is 3. The van der Waals surface area contributed by atoms with Crippen LogP contribution in [0.3, 0.4) is 0 Å². The minimum atomic E-state index is -0.808. The first-order valence-electron chi connectivity index (χ1n) is 14.9. The van der Waals surface area contributed by atoms with E-state index in [0.29, 0.717) is 53.8 Å². The lowest BCUT2D eigenvalue weighted by molar-refractivity contribution is -0.142. The van der Waals surface area contributed by atoms with E-state index in [1.165, 1.54) is 17.0 Å². The van der Waals surface area contributed by atoms with Crippen LogP contribution in [0.4, 0.5) is 10.1 Å². The van der Waals surface area contributed by atoms with Crippen molar-refractivity contribution in [3.05, 3.63) is 84.3 Å². The third kappa shape index (κ3) is 6.60. The summed E-state index contributed by atoms with van der Waals surface area (Å²) in [5, 5.41) is 6.50. The minimum Gasteiger partial charge on any atom is -0.493 e. The van der Waals surface area contributed by atoms with Gasteiger partial charge in [0.05, 0.1) is 19.2 Å². The number of carbonyl (C=O) groups excluding carboxylic acids is 2. The Labute approximate surface area is 255 Å². The Kier molecular flexibility index (Phi) is 8.88. The number of methoxy groups -OCH3 is 1. The van der Waals surface area contributed by atoms with Gasteiger partial charge in [-0.2, -0.15) is 0 Å². The highest BCUT2D eigenvalue weighted by atomic mass is 19.1. The van der Waals surface area contributed by atoms with E-state index >= 15 is 4.39 Å². The maximum atomic E-state index is 15.2. The Morgan fingerprint density at radius 2 is 1.80 bits per heavy atom. The smallest absolute Gasteiger partial charge is 0.313 e. The highest BCUT2D eigenvalue weighted by Crippen LogP contribution is 2.38. The molecule has 10 heteroatoms. The number of amides is 2. The van der Waals surface area contributed by atoms with Gasteiger partial charge in [-0.05, 0) is 68.1 Å². The first-order chi connectivity index (χ1) is 21.5. The molecule has 2 saturated heterocycles. The van der Waals surface area contributed by atoms with E-state index < -0.39 is 17.6 Å². The summed E-state index contributed by atoms with van der Waals surface area (Å²) in [6.45, 7) is 3.52. The van der Waals surface area contributed by atoms with Gasteiger partial charge in [-0.25, -0.2) is 4.39 Å². The van der Waals surface area contributed by atoms with Crippen LogP contribution in [-0.2, 0) is 9.59 Å². The topological polar surface area (TPSA) is 102 Å². The van der Waals surface area contributed by atoms with Crippen molar-refractivity contribution < 1.29 is 28.2 Å². The summed E-state index contributed by atoms with van der Waals surface area (Å²) in [6, 6.07) is 19.2. The third-order valence-electron chi connectivity index (χ3n) is 8.27. The zero-order valence-electron chi connectivity index (χ0n) is 24.6. The molecular weight excluding hydrogens is 563 g/mol. The van der Waals surface area contributed by atoms with Gasteiger partial charge in [-0.3, -0.25) is 14.6 Å². The maximum absolute atomic E-state index is 15.2. The van der Waals surface area contributed by atoms with Crippen molar-refractivity contribution in [3.63, 3.8) is 0 Å². The number of carbonyl (C=O) groups is 2. The second kappa shape index (κ2) is 13.3. The molecule has 44 heavy (non-hydrogen) atoms. The van der Waals surface area contributed by atoms with Crippen molar-refractivity contribution in [1.82, 2.24) is 15.2 Å². The summed E-state index contributed by atoms with van der Waals surface area (Å²) in [5.41, 5.74) is 1.91. The van der Waals surface area contributed by atoms with Crippen LogP contribution in [0.15, 0.2) is 72.9 Å². The number of halogens is 1. The molecule has 4 aromatic rings. The standard InChI is InChI=1S/C34H35FN4O5/c1-42-31-18-26-28(19-32(31)43-21-22-9-13-36-14-10-22)37-15-11-29(26)44-30-8-7-25(17-27(30)35)38-33(40)34(41)39-16-12-24(20-39)23-5-3-2-4-6-23/h2-8,11,15,17-19,22,24,36H,9-10,12-14,16,20-21H2,1H3,(H,38,40). The number of nitrogens with zero attached hydrogens (tertiary/aromatic N) is 2. The van der Waals surface area contributed by atoms with Crippen LogP contribution in [0.2, 0.25) is 0 Å². The Bertz CT molecular complexity index is 1640. The van der Waals surface area contributed by atoms with Crippen LogP contribution < -0.4 is 24.8 Å². The van der Waals surface area contributed by atoms with Crippen LogP contribution in [0.5, 0.6) is 23.0 Å². The second-order valence-corrected chi connectivity index (χ2v) is 11.2. The molecule has 6 rings (SSSR count). The summed E-state index contributed by atoms with van der Waals surface area (Å²) in [6.07, 6.45) is 4.49. The van der Waals surface area contributed by atoms with Gasteiger partial charge >= 0.3 is 11.8 Å². The summed E-state index contributed by atoms with van der Waals surface area (Å²) in [5.74, 6) is -0.0284. The summed E-state index contributed by atoms with van der Waals surface area (Å²) < 4.78 is 32.8. The van der Waals surface area contributed by atoms with E-state index in [2.05, 4.69) is 15.6 Å². The summed E-state index contributed by atoms with van der Waals surface area (Å²) >= 11 is 0.